The zero-order valence-corrected chi connectivity index (χ0v) is 14.4. The molecule has 21 heavy (non-hydrogen) atoms. The summed E-state index contributed by atoms with van der Waals surface area (Å²) in [7, 11) is 1.61. The normalized spacial score (nSPS) is 17.8. The summed E-state index contributed by atoms with van der Waals surface area (Å²) in [6, 6.07) is 2.98. The minimum atomic E-state index is -3.69. The van der Waals surface area contributed by atoms with Gasteiger partial charge in [0.1, 0.15) is 4.21 Å². The van der Waals surface area contributed by atoms with Crippen molar-refractivity contribution in [3.63, 3.8) is 0 Å². The Hall–Kier alpha value is -0.590. The Kier molecular flexibility index (Phi) is 5.68. The van der Waals surface area contributed by atoms with Crippen LogP contribution in [0.2, 0.25) is 0 Å². The van der Waals surface area contributed by atoms with Crippen molar-refractivity contribution >= 4 is 37.0 Å². The van der Waals surface area contributed by atoms with E-state index >= 15 is 0 Å². The fourth-order valence-electron chi connectivity index (χ4n) is 2.72. The van der Waals surface area contributed by atoms with Gasteiger partial charge in [0.05, 0.1) is 6.04 Å². The highest BCUT2D eigenvalue weighted by Crippen LogP contribution is 2.30. The van der Waals surface area contributed by atoms with E-state index in [9.17, 15) is 13.2 Å². The summed E-state index contributed by atoms with van der Waals surface area (Å²) in [6.07, 6.45) is 6.54. The highest BCUT2D eigenvalue weighted by atomic mass is 35.7. The highest BCUT2D eigenvalue weighted by Gasteiger charge is 2.19. The van der Waals surface area contributed by atoms with Gasteiger partial charge >= 0.3 is 0 Å². The van der Waals surface area contributed by atoms with E-state index in [-0.39, 0.29) is 16.2 Å². The first-order valence-corrected chi connectivity index (χ1v) is 10.3. The van der Waals surface area contributed by atoms with Crippen LogP contribution >= 0.6 is 22.0 Å². The van der Waals surface area contributed by atoms with E-state index in [2.05, 4.69) is 5.32 Å². The summed E-state index contributed by atoms with van der Waals surface area (Å²) < 4.78 is 22.6. The molecule has 0 radical (unpaired) electrons. The summed E-state index contributed by atoms with van der Waals surface area (Å²) in [4.78, 5) is 12.7. The van der Waals surface area contributed by atoms with Gasteiger partial charge in [-0.05, 0) is 31.4 Å². The van der Waals surface area contributed by atoms with Gasteiger partial charge in [0.25, 0.3) is 9.05 Å². The van der Waals surface area contributed by atoms with Crippen molar-refractivity contribution in [1.29, 1.82) is 0 Å². The van der Waals surface area contributed by atoms with Gasteiger partial charge in [-0.2, -0.15) is 0 Å². The number of thiophene rings is 1. The highest BCUT2D eigenvalue weighted by molar-refractivity contribution is 8.15. The lowest BCUT2D eigenvalue weighted by molar-refractivity contribution is -0.122. The number of amides is 1. The maximum atomic E-state index is 11.9. The molecule has 1 saturated carbocycles. The molecule has 0 bridgehead atoms. The minimum Gasteiger partial charge on any atom is -0.349 e. The number of nitrogens with one attached hydrogen (secondary N) is 1. The molecule has 1 heterocycles. The maximum Gasteiger partial charge on any atom is 0.270 e. The van der Waals surface area contributed by atoms with E-state index in [0.717, 1.165) is 22.6 Å². The summed E-state index contributed by atoms with van der Waals surface area (Å²) in [5, 5.41) is 2.92. The van der Waals surface area contributed by atoms with Crippen molar-refractivity contribution in [1.82, 2.24) is 5.32 Å². The minimum absolute atomic E-state index is 0.0260. The first kappa shape index (κ1) is 16.8. The van der Waals surface area contributed by atoms with Crippen LogP contribution in [-0.4, -0.2) is 14.3 Å². The van der Waals surface area contributed by atoms with Crippen LogP contribution in [0.25, 0.3) is 0 Å². The van der Waals surface area contributed by atoms with Crippen molar-refractivity contribution in [3.05, 3.63) is 17.0 Å². The Bertz CT molecular complexity index is 591. The summed E-state index contributed by atoms with van der Waals surface area (Å²) >= 11 is 1.10. The SMILES string of the molecule is CC(NC(=O)CCC1CCCC1)c1ccc(S(=O)(=O)Cl)s1. The number of halogens is 1. The molecule has 0 spiro atoms. The van der Waals surface area contributed by atoms with Crippen molar-refractivity contribution in [3.8, 4) is 0 Å². The van der Waals surface area contributed by atoms with Crippen LogP contribution in [0.5, 0.6) is 0 Å². The average Bonchev–Trinajstić information content (AvgIpc) is 3.07. The smallest absolute Gasteiger partial charge is 0.270 e. The third kappa shape index (κ3) is 4.97. The number of carbonyl (C=O) groups excluding carboxylic acids is 1. The molecule has 4 nitrogen and oxygen atoms in total. The summed E-state index contributed by atoms with van der Waals surface area (Å²) in [6.45, 7) is 1.85. The molecule has 118 valence electrons. The van der Waals surface area contributed by atoms with Crippen molar-refractivity contribution in [2.24, 2.45) is 5.92 Å². The predicted molar refractivity (Wildman–Crippen MR) is 85.1 cm³/mol. The van der Waals surface area contributed by atoms with Crippen LogP contribution in [-0.2, 0) is 13.8 Å². The second-order valence-electron chi connectivity index (χ2n) is 5.57. The van der Waals surface area contributed by atoms with Crippen molar-refractivity contribution < 1.29 is 13.2 Å². The van der Waals surface area contributed by atoms with Crippen LogP contribution in [0.1, 0.15) is 56.4 Å². The Morgan fingerprint density at radius 1 is 1.43 bits per heavy atom. The van der Waals surface area contributed by atoms with Crippen LogP contribution in [0.15, 0.2) is 16.3 Å². The summed E-state index contributed by atoms with van der Waals surface area (Å²) in [5.41, 5.74) is 0. The van der Waals surface area contributed by atoms with Gasteiger partial charge in [0.15, 0.2) is 0 Å². The zero-order valence-electron chi connectivity index (χ0n) is 12.0. The van der Waals surface area contributed by atoms with E-state index in [1.165, 1.54) is 31.7 Å². The van der Waals surface area contributed by atoms with Gasteiger partial charge in [0.2, 0.25) is 5.91 Å². The number of carbonyl (C=O) groups is 1. The second-order valence-corrected chi connectivity index (χ2v) is 9.48. The largest absolute Gasteiger partial charge is 0.349 e. The van der Waals surface area contributed by atoms with Gasteiger partial charge in [0, 0.05) is 22.0 Å². The van der Waals surface area contributed by atoms with Crippen LogP contribution in [0.4, 0.5) is 0 Å². The molecule has 0 saturated heterocycles. The second kappa shape index (κ2) is 7.11. The van der Waals surface area contributed by atoms with Gasteiger partial charge in [-0.25, -0.2) is 8.42 Å². The lowest BCUT2D eigenvalue weighted by Gasteiger charge is -2.13. The molecule has 0 aliphatic heterocycles. The number of rotatable bonds is 6. The average molecular weight is 350 g/mol. The fourth-order valence-corrected chi connectivity index (χ4v) is 4.81. The summed E-state index contributed by atoms with van der Waals surface area (Å²) in [5.74, 6) is 0.721. The molecular weight excluding hydrogens is 330 g/mol. The number of hydrogen-bond donors (Lipinski definition) is 1. The monoisotopic (exact) mass is 349 g/mol. The topological polar surface area (TPSA) is 63.2 Å². The molecule has 1 aromatic heterocycles. The van der Waals surface area contributed by atoms with Crippen molar-refractivity contribution in [2.45, 2.75) is 55.7 Å². The molecule has 7 heteroatoms. The van der Waals surface area contributed by atoms with Crippen molar-refractivity contribution in [2.75, 3.05) is 0 Å². The lowest BCUT2D eigenvalue weighted by Crippen LogP contribution is -2.26. The Morgan fingerprint density at radius 2 is 2.10 bits per heavy atom. The molecule has 2 rings (SSSR count). The molecule has 1 N–H and O–H groups in total. The molecule has 1 aliphatic carbocycles. The molecule has 0 aromatic carbocycles. The Balaban J connectivity index is 1.84. The first-order chi connectivity index (χ1) is 9.86. The van der Waals surface area contributed by atoms with Gasteiger partial charge in [-0.15, -0.1) is 11.3 Å². The predicted octanol–water partition coefficient (Wildman–Crippen LogP) is 3.82. The van der Waals surface area contributed by atoms with Gasteiger partial charge < -0.3 is 5.32 Å². The van der Waals surface area contributed by atoms with E-state index in [4.69, 9.17) is 10.7 Å². The van der Waals surface area contributed by atoms with E-state index in [0.29, 0.717) is 12.3 Å². The molecule has 1 aliphatic rings. The zero-order chi connectivity index (χ0) is 15.5. The fraction of sp³-hybridized carbons (Fsp3) is 0.643. The van der Waals surface area contributed by atoms with Crippen LogP contribution in [0.3, 0.4) is 0 Å². The lowest BCUT2D eigenvalue weighted by atomic mass is 10.0. The Morgan fingerprint density at radius 3 is 2.67 bits per heavy atom. The van der Waals surface area contributed by atoms with Crippen LogP contribution < -0.4 is 5.32 Å². The van der Waals surface area contributed by atoms with E-state index < -0.39 is 9.05 Å². The van der Waals surface area contributed by atoms with E-state index in [1.807, 2.05) is 6.92 Å². The molecule has 1 unspecified atom stereocenters. The van der Waals surface area contributed by atoms with Gasteiger partial charge in [-0.1, -0.05) is 25.7 Å². The van der Waals surface area contributed by atoms with Gasteiger partial charge in [-0.3, -0.25) is 4.79 Å². The van der Waals surface area contributed by atoms with E-state index in [1.54, 1.807) is 6.07 Å². The molecule has 1 aromatic rings. The maximum absolute atomic E-state index is 11.9. The third-order valence-corrected chi connectivity index (χ3v) is 7.26. The number of hydrogen-bond acceptors (Lipinski definition) is 4. The molecule has 1 amide bonds. The quantitative estimate of drug-likeness (QED) is 0.794. The van der Waals surface area contributed by atoms with Crippen LogP contribution in [0, 0.1) is 5.92 Å². The third-order valence-electron chi connectivity index (χ3n) is 3.90. The standard InChI is InChI=1S/C14H20ClNO3S2/c1-10(12-7-9-14(20-12)21(15,18)19)16-13(17)8-6-11-4-2-3-5-11/h7,9-11H,2-6,8H2,1H3,(H,16,17). The first-order valence-electron chi connectivity index (χ1n) is 7.20. The molecule has 1 fully saturated rings. The molecular formula is C14H20ClNO3S2. The molecule has 1 atom stereocenters. The Labute approximate surface area is 134 Å².